The molecular formula is C4H12N3O5P2+. The van der Waals surface area contributed by atoms with Crippen LogP contribution in [0.1, 0.15) is 0 Å². The third-order valence-electron chi connectivity index (χ3n) is 1.16. The molecule has 0 rings (SSSR count). The zero-order chi connectivity index (χ0) is 11.4. The van der Waals surface area contributed by atoms with Crippen molar-refractivity contribution >= 4 is 21.7 Å². The Bertz CT molecular complexity index is 287. The van der Waals surface area contributed by atoms with Crippen LogP contribution in [0.25, 0.3) is 0 Å². The van der Waals surface area contributed by atoms with Crippen LogP contribution >= 0.6 is 15.8 Å². The second kappa shape index (κ2) is 5.38. The summed E-state index contributed by atoms with van der Waals surface area (Å²) in [5.74, 6) is -0.390. The quantitative estimate of drug-likeness (QED) is 0.351. The summed E-state index contributed by atoms with van der Waals surface area (Å²) in [6.45, 7) is 0. The Morgan fingerprint density at radius 2 is 2.21 bits per heavy atom. The predicted molar refractivity (Wildman–Crippen MR) is 50.9 cm³/mol. The molecule has 14 heavy (non-hydrogen) atoms. The van der Waals surface area contributed by atoms with E-state index < -0.39 is 21.7 Å². The van der Waals surface area contributed by atoms with Gasteiger partial charge in [-0.25, -0.2) is 4.57 Å². The van der Waals surface area contributed by atoms with Gasteiger partial charge in [0.05, 0.1) is 7.11 Å². The normalized spacial score (nSPS) is 14.0. The fraction of sp³-hybridized carbons (Fsp3) is 0.750. The summed E-state index contributed by atoms with van der Waals surface area (Å²) in [6, 6.07) is 0. The minimum atomic E-state index is -4.54. The number of guanidine groups is 1. The maximum atomic E-state index is 10.9. The molecule has 0 fully saturated rings. The maximum Gasteiger partial charge on any atom is 0.529 e. The van der Waals surface area contributed by atoms with Crippen molar-refractivity contribution in [2.24, 2.45) is 10.5 Å². The maximum absolute atomic E-state index is 10.9. The van der Waals surface area contributed by atoms with Gasteiger partial charge >= 0.3 is 15.8 Å². The molecule has 10 heteroatoms. The lowest BCUT2D eigenvalue weighted by Crippen LogP contribution is -2.33. The molecule has 0 radical (unpaired) electrons. The topological polar surface area (TPSA) is 125 Å². The van der Waals surface area contributed by atoms with Crippen LogP contribution in [-0.2, 0) is 13.7 Å². The van der Waals surface area contributed by atoms with Gasteiger partial charge in [0.2, 0.25) is 5.96 Å². The summed E-state index contributed by atoms with van der Waals surface area (Å²) in [6.07, 6.45) is -0.0822. The van der Waals surface area contributed by atoms with Crippen LogP contribution in [0.5, 0.6) is 0 Å². The molecule has 0 aliphatic rings. The molecule has 0 saturated carbocycles. The largest absolute Gasteiger partial charge is 0.529 e. The molecular weight excluding hydrogens is 232 g/mol. The van der Waals surface area contributed by atoms with Crippen LogP contribution in [0.2, 0.25) is 0 Å². The van der Waals surface area contributed by atoms with E-state index in [0.29, 0.717) is 0 Å². The summed E-state index contributed by atoms with van der Waals surface area (Å²) < 4.78 is 28.6. The van der Waals surface area contributed by atoms with Crippen LogP contribution < -0.4 is 5.73 Å². The number of hydrogen-bond donors (Lipinski definition) is 3. The Kier molecular flexibility index (Phi) is 5.18. The van der Waals surface area contributed by atoms with Crippen LogP contribution in [0.4, 0.5) is 0 Å². The molecule has 1 atom stereocenters. The highest BCUT2D eigenvalue weighted by Crippen LogP contribution is 2.36. The Hall–Kier alpha value is -0.520. The molecule has 82 valence electrons. The summed E-state index contributed by atoms with van der Waals surface area (Å²) in [7, 11) is -3.83. The summed E-state index contributed by atoms with van der Waals surface area (Å²) in [5, 5.41) is 0. The third kappa shape index (κ3) is 6.01. The molecule has 0 aliphatic carbocycles. The van der Waals surface area contributed by atoms with E-state index in [4.69, 9.17) is 15.5 Å². The minimum absolute atomic E-state index is 0.0822. The Morgan fingerprint density at radius 3 is 2.57 bits per heavy atom. The van der Waals surface area contributed by atoms with Gasteiger partial charge in [-0.05, 0) is 4.57 Å². The molecule has 0 spiro atoms. The molecule has 0 amide bonds. The van der Waals surface area contributed by atoms with Gasteiger partial charge in [-0.2, -0.15) is 0 Å². The first-order valence-corrected chi connectivity index (χ1v) is 6.30. The molecule has 0 aromatic rings. The Morgan fingerprint density at radius 1 is 1.71 bits per heavy atom. The van der Waals surface area contributed by atoms with E-state index in [-0.39, 0.29) is 6.29 Å². The summed E-state index contributed by atoms with van der Waals surface area (Å²) >= 11 is 0. The van der Waals surface area contributed by atoms with Gasteiger partial charge in [-0.1, -0.05) is 0 Å². The van der Waals surface area contributed by atoms with Crippen molar-refractivity contribution in [3.63, 3.8) is 0 Å². The third-order valence-corrected chi connectivity index (χ3v) is 2.68. The van der Waals surface area contributed by atoms with Crippen molar-refractivity contribution in [2.75, 3.05) is 20.4 Å². The number of nitrogens with two attached hydrogens (primary N) is 1. The molecule has 0 aromatic carbocycles. The van der Waals surface area contributed by atoms with Crippen LogP contribution in [0, 0.1) is 0 Å². The van der Waals surface area contributed by atoms with E-state index in [1.165, 1.54) is 14.2 Å². The molecule has 0 aromatic heterocycles. The van der Waals surface area contributed by atoms with Crippen molar-refractivity contribution in [1.82, 2.24) is 4.90 Å². The fourth-order valence-electron chi connectivity index (χ4n) is 0.513. The molecule has 0 heterocycles. The SMILES string of the molecule is CO[P+](=O)CN(C)/C(N)=N/P(=O)(O)O. The zero-order valence-electron chi connectivity index (χ0n) is 7.69. The first kappa shape index (κ1) is 13.5. The minimum Gasteiger partial charge on any atom is -0.369 e. The number of hydrogen-bond acceptors (Lipinski definition) is 3. The van der Waals surface area contributed by atoms with Gasteiger partial charge in [0.25, 0.3) is 6.29 Å². The average molecular weight is 244 g/mol. The molecule has 0 bridgehead atoms. The number of rotatable bonds is 4. The zero-order valence-corrected chi connectivity index (χ0v) is 9.48. The molecule has 0 saturated heterocycles. The van der Waals surface area contributed by atoms with Crippen molar-refractivity contribution < 1.29 is 23.4 Å². The summed E-state index contributed by atoms with van der Waals surface area (Å²) in [4.78, 5) is 18.0. The van der Waals surface area contributed by atoms with E-state index >= 15 is 0 Å². The van der Waals surface area contributed by atoms with E-state index in [2.05, 4.69) is 9.29 Å². The van der Waals surface area contributed by atoms with Crippen molar-refractivity contribution in [3.8, 4) is 0 Å². The standard InChI is InChI=1S/C4H11N3O5P2/c1-7(3-13(8)12-2)4(5)6-14(9,10)11/h3H2,1-2H3,(H3-,5,6,9,10,11)/p+1. The molecule has 4 N–H and O–H groups in total. The first-order valence-electron chi connectivity index (χ1n) is 3.37. The second-order valence-electron chi connectivity index (χ2n) is 2.33. The van der Waals surface area contributed by atoms with Crippen molar-refractivity contribution in [1.29, 1.82) is 0 Å². The fourth-order valence-corrected chi connectivity index (χ4v) is 1.54. The smallest absolute Gasteiger partial charge is 0.369 e. The van der Waals surface area contributed by atoms with Gasteiger partial charge in [0, 0.05) is 7.05 Å². The van der Waals surface area contributed by atoms with E-state index in [1.54, 1.807) is 0 Å². The second-order valence-corrected chi connectivity index (χ2v) is 4.87. The van der Waals surface area contributed by atoms with Crippen LogP contribution in [0.15, 0.2) is 4.76 Å². The first-order chi connectivity index (χ1) is 6.26. The molecule has 1 unspecified atom stereocenters. The van der Waals surface area contributed by atoms with Gasteiger partial charge in [-0.15, -0.1) is 9.29 Å². The van der Waals surface area contributed by atoms with E-state index in [0.717, 1.165) is 4.90 Å². The van der Waals surface area contributed by atoms with Crippen LogP contribution in [0.3, 0.4) is 0 Å². The Labute approximate surface area is 81.8 Å². The highest BCUT2D eigenvalue weighted by atomic mass is 31.2. The highest BCUT2D eigenvalue weighted by Gasteiger charge is 2.21. The van der Waals surface area contributed by atoms with Crippen LogP contribution in [-0.4, -0.2) is 41.1 Å². The lowest BCUT2D eigenvalue weighted by molar-refractivity contribution is 0.372. The Balaban J connectivity index is 4.40. The average Bonchev–Trinajstić information content (AvgIpc) is 2.00. The lowest BCUT2D eigenvalue weighted by atomic mass is 10.8. The van der Waals surface area contributed by atoms with Gasteiger partial charge in [0.1, 0.15) is 0 Å². The monoisotopic (exact) mass is 244 g/mol. The molecule has 8 nitrogen and oxygen atoms in total. The lowest BCUT2D eigenvalue weighted by Gasteiger charge is -2.11. The predicted octanol–water partition coefficient (Wildman–Crippen LogP) is -0.328. The highest BCUT2D eigenvalue weighted by molar-refractivity contribution is 7.50. The van der Waals surface area contributed by atoms with E-state index in [9.17, 15) is 9.13 Å². The van der Waals surface area contributed by atoms with Gasteiger partial charge < -0.3 is 20.4 Å². The van der Waals surface area contributed by atoms with Crippen molar-refractivity contribution in [2.45, 2.75) is 0 Å². The van der Waals surface area contributed by atoms with Crippen molar-refractivity contribution in [3.05, 3.63) is 0 Å². The summed E-state index contributed by atoms with van der Waals surface area (Å²) in [5.41, 5.74) is 5.21. The van der Waals surface area contributed by atoms with Gasteiger partial charge in [0.15, 0.2) is 0 Å². The van der Waals surface area contributed by atoms with E-state index in [1.807, 2.05) is 0 Å². The molecule has 0 aliphatic heterocycles. The van der Waals surface area contributed by atoms with Gasteiger partial charge in [-0.3, -0.25) is 0 Å². The number of nitrogens with zero attached hydrogens (tertiary/aromatic N) is 2.